The van der Waals surface area contributed by atoms with Crippen LogP contribution in [0.5, 0.6) is 5.75 Å². The maximum atomic E-state index is 12.9. The SMILES string of the molecule is O=C(OC1([C@H]2CCN(CCc3ccc4c(c3)CCO4)C2)CCCC1)[C@H](O)c1ccccc1. The van der Waals surface area contributed by atoms with Gasteiger partial charge in [0.15, 0.2) is 6.10 Å². The fraction of sp³-hybridized carbons (Fsp3) is 0.519. The van der Waals surface area contributed by atoms with E-state index in [-0.39, 0.29) is 0 Å². The first kappa shape index (κ1) is 21.5. The van der Waals surface area contributed by atoms with E-state index in [0.29, 0.717) is 11.5 Å². The van der Waals surface area contributed by atoms with Crippen LogP contribution < -0.4 is 4.74 Å². The normalized spacial score (nSPS) is 23.0. The third kappa shape index (κ3) is 4.41. The molecule has 0 spiro atoms. The maximum Gasteiger partial charge on any atom is 0.340 e. The van der Waals surface area contributed by atoms with E-state index < -0.39 is 17.7 Å². The molecule has 2 aliphatic heterocycles. The van der Waals surface area contributed by atoms with E-state index in [2.05, 4.69) is 23.1 Å². The summed E-state index contributed by atoms with van der Waals surface area (Å²) < 4.78 is 11.8. The monoisotopic (exact) mass is 435 g/mol. The van der Waals surface area contributed by atoms with Crippen LogP contribution in [0.3, 0.4) is 0 Å². The predicted octanol–water partition coefficient (Wildman–Crippen LogP) is 4.08. The molecule has 2 aromatic carbocycles. The van der Waals surface area contributed by atoms with Gasteiger partial charge in [0.25, 0.3) is 0 Å². The molecule has 1 saturated carbocycles. The van der Waals surface area contributed by atoms with Gasteiger partial charge < -0.3 is 19.5 Å². The number of carbonyl (C=O) groups excluding carboxylic acids is 1. The summed E-state index contributed by atoms with van der Waals surface area (Å²) in [4.78, 5) is 15.4. The van der Waals surface area contributed by atoms with Crippen molar-refractivity contribution in [3.63, 3.8) is 0 Å². The van der Waals surface area contributed by atoms with E-state index in [1.807, 2.05) is 18.2 Å². The minimum atomic E-state index is -1.21. The van der Waals surface area contributed by atoms with Gasteiger partial charge in [-0.05, 0) is 67.8 Å². The quantitative estimate of drug-likeness (QED) is 0.665. The second-order valence-electron chi connectivity index (χ2n) is 9.58. The molecule has 170 valence electrons. The van der Waals surface area contributed by atoms with Crippen molar-refractivity contribution in [1.29, 1.82) is 0 Å². The van der Waals surface area contributed by atoms with Crippen molar-refractivity contribution < 1.29 is 19.4 Å². The minimum absolute atomic E-state index is 0.338. The van der Waals surface area contributed by atoms with E-state index in [4.69, 9.17) is 9.47 Å². The van der Waals surface area contributed by atoms with Crippen LogP contribution in [0, 0.1) is 5.92 Å². The van der Waals surface area contributed by atoms with Gasteiger partial charge in [-0.1, -0.05) is 42.5 Å². The van der Waals surface area contributed by atoms with Crippen molar-refractivity contribution >= 4 is 5.97 Å². The first-order chi connectivity index (χ1) is 15.6. The number of ether oxygens (including phenoxy) is 2. The molecule has 1 N–H and O–H groups in total. The molecule has 5 nitrogen and oxygen atoms in total. The zero-order valence-corrected chi connectivity index (χ0v) is 18.7. The summed E-state index contributed by atoms with van der Waals surface area (Å²) in [5.74, 6) is 0.875. The van der Waals surface area contributed by atoms with Gasteiger partial charge in [-0.15, -0.1) is 0 Å². The number of esters is 1. The fourth-order valence-corrected chi connectivity index (χ4v) is 5.74. The number of likely N-dealkylation sites (tertiary alicyclic amines) is 1. The van der Waals surface area contributed by atoms with Gasteiger partial charge in [-0.25, -0.2) is 4.79 Å². The Bertz CT molecular complexity index is 938. The van der Waals surface area contributed by atoms with Crippen molar-refractivity contribution in [2.45, 2.75) is 56.7 Å². The van der Waals surface area contributed by atoms with E-state index in [0.717, 1.165) is 76.9 Å². The number of carbonyl (C=O) groups is 1. The number of benzene rings is 2. The van der Waals surface area contributed by atoms with Gasteiger partial charge in [-0.2, -0.15) is 0 Å². The third-order valence-corrected chi connectivity index (χ3v) is 7.58. The second kappa shape index (κ2) is 9.24. The summed E-state index contributed by atoms with van der Waals surface area (Å²) in [6.45, 7) is 3.82. The summed E-state index contributed by atoms with van der Waals surface area (Å²) in [5, 5.41) is 10.5. The first-order valence-corrected chi connectivity index (χ1v) is 12.1. The van der Waals surface area contributed by atoms with Crippen LogP contribution in [0.1, 0.15) is 54.9 Å². The van der Waals surface area contributed by atoms with Crippen LogP contribution >= 0.6 is 0 Å². The zero-order chi connectivity index (χ0) is 22.0. The molecular weight excluding hydrogens is 402 g/mol. The number of nitrogens with zero attached hydrogens (tertiary/aromatic N) is 1. The van der Waals surface area contributed by atoms with E-state index in [1.54, 1.807) is 12.1 Å². The highest BCUT2D eigenvalue weighted by Crippen LogP contribution is 2.44. The molecule has 0 unspecified atom stereocenters. The van der Waals surface area contributed by atoms with Gasteiger partial charge >= 0.3 is 5.97 Å². The number of aliphatic hydroxyl groups excluding tert-OH is 1. The standard InChI is InChI=1S/C27H33NO4/c29-25(21-6-2-1-3-7-21)26(30)32-27(13-4-5-14-27)23-11-16-28(19-23)15-10-20-8-9-24-22(18-20)12-17-31-24/h1-3,6-9,18,23,25,29H,4-5,10-17,19H2/t23-,25+/m0/s1. The molecule has 5 rings (SSSR count). The van der Waals surface area contributed by atoms with Gasteiger partial charge in [0.1, 0.15) is 11.4 Å². The Hall–Kier alpha value is -2.37. The van der Waals surface area contributed by atoms with Crippen molar-refractivity contribution in [3.8, 4) is 5.75 Å². The topological polar surface area (TPSA) is 59.0 Å². The van der Waals surface area contributed by atoms with Crippen LogP contribution in [0.2, 0.25) is 0 Å². The summed E-state index contributed by atoms with van der Waals surface area (Å²) in [7, 11) is 0. The number of hydrogen-bond acceptors (Lipinski definition) is 5. The maximum absolute atomic E-state index is 12.9. The Balaban J connectivity index is 1.19. The average Bonchev–Trinajstić information content (AvgIpc) is 3.58. The summed E-state index contributed by atoms with van der Waals surface area (Å²) in [6.07, 6.45) is 5.86. The van der Waals surface area contributed by atoms with E-state index in [1.165, 1.54) is 11.1 Å². The summed E-state index contributed by atoms with van der Waals surface area (Å²) in [6, 6.07) is 15.7. The molecule has 2 fully saturated rings. The Labute approximate surface area is 190 Å². The van der Waals surface area contributed by atoms with Crippen molar-refractivity contribution in [2.24, 2.45) is 5.92 Å². The smallest absolute Gasteiger partial charge is 0.340 e. The molecule has 3 aliphatic rings. The molecule has 2 heterocycles. The van der Waals surface area contributed by atoms with E-state index in [9.17, 15) is 9.90 Å². The first-order valence-electron chi connectivity index (χ1n) is 12.1. The molecule has 0 bridgehead atoms. The van der Waals surface area contributed by atoms with Crippen LogP contribution in [0.15, 0.2) is 48.5 Å². The summed E-state index contributed by atoms with van der Waals surface area (Å²) in [5.41, 5.74) is 2.87. The van der Waals surface area contributed by atoms with Crippen molar-refractivity contribution in [1.82, 2.24) is 4.90 Å². The average molecular weight is 436 g/mol. The number of aliphatic hydroxyl groups is 1. The predicted molar refractivity (Wildman–Crippen MR) is 123 cm³/mol. The highest BCUT2D eigenvalue weighted by Gasteiger charge is 2.47. The summed E-state index contributed by atoms with van der Waals surface area (Å²) >= 11 is 0. The van der Waals surface area contributed by atoms with Crippen LogP contribution in [0.4, 0.5) is 0 Å². The molecule has 2 atom stereocenters. The highest BCUT2D eigenvalue weighted by molar-refractivity contribution is 5.76. The second-order valence-corrected chi connectivity index (χ2v) is 9.58. The van der Waals surface area contributed by atoms with Gasteiger partial charge in [0, 0.05) is 25.4 Å². The number of fused-ring (bicyclic) bond motifs is 1. The van der Waals surface area contributed by atoms with Gasteiger partial charge in [-0.3, -0.25) is 0 Å². The zero-order valence-electron chi connectivity index (χ0n) is 18.7. The molecular formula is C27H33NO4. The number of hydrogen-bond donors (Lipinski definition) is 1. The molecule has 5 heteroatoms. The van der Waals surface area contributed by atoms with Crippen LogP contribution in [-0.2, 0) is 22.4 Å². The lowest BCUT2D eigenvalue weighted by molar-refractivity contribution is -0.175. The molecule has 1 aliphatic carbocycles. The lowest BCUT2D eigenvalue weighted by Gasteiger charge is -2.36. The Kier molecular flexibility index (Phi) is 6.20. The Morgan fingerprint density at radius 1 is 1.19 bits per heavy atom. The fourth-order valence-electron chi connectivity index (χ4n) is 5.74. The van der Waals surface area contributed by atoms with E-state index >= 15 is 0 Å². The van der Waals surface area contributed by atoms with Gasteiger partial charge in [0.2, 0.25) is 0 Å². The largest absolute Gasteiger partial charge is 0.493 e. The molecule has 1 saturated heterocycles. The number of rotatable bonds is 7. The molecule has 2 aromatic rings. The molecule has 0 amide bonds. The van der Waals surface area contributed by atoms with Crippen molar-refractivity contribution in [3.05, 3.63) is 65.2 Å². The lowest BCUT2D eigenvalue weighted by atomic mass is 9.84. The highest BCUT2D eigenvalue weighted by atomic mass is 16.6. The molecule has 32 heavy (non-hydrogen) atoms. The molecule has 0 aromatic heterocycles. The van der Waals surface area contributed by atoms with Crippen molar-refractivity contribution in [2.75, 3.05) is 26.2 Å². The van der Waals surface area contributed by atoms with Crippen LogP contribution in [0.25, 0.3) is 0 Å². The third-order valence-electron chi connectivity index (χ3n) is 7.58. The molecule has 0 radical (unpaired) electrons. The Morgan fingerprint density at radius 3 is 2.81 bits per heavy atom. The van der Waals surface area contributed by atoms with Crippen LogP contribution in [-0.4, -0.2) is 47.8 Å². The van der Waals surface area contributed by atoms with Gasteiger partial charge in [0.05, 0.1) is 6.61 Å². The minimum Gasteiger partial charge on any atom is -0.493 e. The lowest BCUT2D eigenvalue weighted by Crippen LogP contribution is -2.42. The Morgan fingerprint density at radius 2 is 2.00 bits per heavy atom.